The fourth-order valence-corrected chi connectivity index (χ4v) is 2.81. The highest BCUT2D eigenvalue weighted by Crippen LogP contribution is 2.30. The summed E-state index contributed by atoms with van der Waals surface area (Å²) < 4.78 is 0.237. The minimum Gasteiger partial charge on any atom is -0.293 e. The zero-order valence-electron chi connectivity index (χ0n) is 9.04. The van der Waals surface area contributed by atoms with Crippen LogP contribution in [0, 0.1) is 0 Å². The van der Waals surface area contributed by atoms with E-state index in [9.17, 15) is 4.79 Å². The third-order valence-corrected chi connectivity index (χ3v) is 3.82. The van der Waals surface area contributed by atoms with Crippen LogP contribution in [0.2, 0.25) is 0 Å². The zero-order valence-corrected chi connectivity index (χ0v) is 9.86. The Morgan fingerprint density at radius 1 is 1.64 bits per heavy atom. The normalized spacial score (nSPS) is 24.3. The molecule has 0 saturated carbocycles. The first kappa shape index (κ1) is 11.8. The molecule has 0 bridgehead atoms. The number of hydrogen-bond donors (Lipinski definition) is 2. The first-order valence-electron chi connectivity index (χ1n) is 4.85. The number of nitrogens with one attached hydrogen (secondary N) is 1. The molecule has 5 heteroatoms. The zero-order chi connectivity index (χ0) is 10.8. The topological polar surface area (TPSA) is 58.4 Å². The number of hydrogen-bond acceptors (Lipinski definition) is 4. The van der Waals surface area contributed by atoms with Crippen LogP contribution in [0.3, 0.4) is 0 Å². The maximum Gasteiger partial charge on any atom is 0.250 e. The van der Waals surface area contributed by atoms with Crippen molar-refractivity contribution in [3.05, 3.63) is 0 Å². The van der Waals surface area contributed by atoms with Gasteiger partial charge in [-0.25, -0.2) is 5.84 Å². The van der Waals surface area contributed by atoms with Gasteiger partial charge in [-0.3, -0.25) is 15.1 Å². The van der Waals surface area contributed by atoms with E-state index in [2.05, 4.69) is 24.2 Å². The summed E-state index contributed by atoms with van der Waals surface area (Å²) >= 11 is 1.96. The van der Waals surface area contributed by atoms with E-state index >= 15 is 0 Å². The van der Waals surface area contributed by atoms with Crippen molar-refractivity contribution in [3.8, 4) is 0 Å². The summed E-state index contributed by atoms with van der Waals surface area (Å²) in [5, 5.41) is 0. The summed E-state index contributed by atoms with van der Waals surface area (Å²) in [6.45, 7) is 8.21. The molecule has 1 aliphatic heterocycles. The lowest BCUT2D eigenvalue weighted by Crippen LogP contribution is -2.53. The second kappa shape index (κ2) is 4.51. The number of carbonyl (C=O) groups is 1. The van der Waals surface area contributed by atoms with E-state index in [-0.39, 0.29) is 16.7 Å². The Kier molecular flexibility index (Phi) is 3.80. The number of nitrogens with two attached hydrogens (primary N) is 1. The standard InChI is InChI=1S/C9H19N3OS/c1-7(8(13)11-10)12-4-5-14-9(2,3)6-12/h7H,4-6,10H2,1-3H3,(H,11,13). The minimum absolute atomic E-state index is 0.104. The van der Waals surface area contributed by atoms with E-state index < -0.39 is 0 Å². The molecule has 1 fully saturated rings. The molecule has 82 valence electrons. The van der Waals surface area contributed by atoms with Gasteiger partial charge in [0.2, 0.25) is 0 Å². The molecule has 0 aromatic rings. The van der Waals surface area contributed by atoms with Gasteiger partial charge in [0.1, 0.15) is 0 Å². The Labute approximate surface area is 89.6 Å². The fourth-order valence-electron chi connectivity index (χ4n) is 1.67. The van der Waals surface area contributed by atoms with E-state index in [0.29, 0.717) is 0 Å². The molecule has 3 N–H and O–H groups in total. The van der Waals surface area contributed by atoms with Gasteiger partial charge in [-0.1, -0.05) is 0 Å². The summed E-state index contributed by atoms with van der Waals surface area (Å²) in [4.78, 5) is 13.5. The summed E-state index contributed by atoms with van der Waals surface area (Å²) in [5.41, 5.74) is 2.20. The molecule has 14 heavy (non-hydrogen) atoms. The Morgan fingerprint density at radius 2 is 2.29 bits per heavy atom. The summed E-state index contributed by atoms with van der Waals surface area (Å²) in [6, 6.07) is -0.125. The number of nitrogens with zero attached hydrogens (tertiary/aromatic N) is 1. The number of rotatable bonds is 2. The maximum atomic E-state index is 11.3. The summed E-state index contributed by atoms with van der Waals surface area (Å²) in [7, 11) is 0. The molecule has 4 nitrogen and oxygen atoms in total. The predicted octanol–water partition coefficient (Wildman–Crippen LogP) is 0.192. The summed E-state index contributed by atoms with van der Waals surface area (Å²) in [6.07, 6.45) is 0. The molecule has 0 radical (unpaired) electrons. The molecule has 1 atom stereocenters. The van der Waals surface area contributed by atoms with Crippen LogP contribution in [0.4, 0.5) is 0 Å². The van der Waals surface area contributed by atoms with Crippen LogP contribution < -0.4 is 11.3 Å². The third-order valence-electron chi connectivity index (χ3n) is 2.52. The summed E-state index contributed by atoms with van der Waals surface area (Å²) in [5.74, 6) is 6.09. The van der Waals surface area contributed by atoms with Crippen molar-refractivity contribution in [3.63, 3.8) is 0 Å². The van der Waals surface area contributed by atoms with Crippen LogP contribution in [0.15, 0.2) is 0 Å². The van der Waals surface area contributed by atoms with Crippen LogP contribution in [0.25, 0.3) is 0 Å². The van der Waals surface area contributed by atoms with Crippen molar-refractivity contribution in [2.24, 2.45) is 5.84 Å². The predicted molar refractivity (Wildman–Crippen MR) is 59.9 cm³/mol. The molecule has 1 saturated heterocycles. The van der Waals surface area contributed by atoms with E-state index in [4.69, 9.17) is 5.84 Å². The Balaban J connectivity index is 2.56. The fraction of sp³-hybridized carbons (Fsp3) is 0.889. The number of hydrazine groups is 1. The Hall–Kier alpha value is -0.260. The maximum absolute atomic E-state index is 11.3. The van der Waals surface area contributed by atoms with Gasteiger partial charge in [-0.15, -0.1) is 0 Å². The van der Waals surface area contributed by atoms with Gasteiger partial charge in [0.05, 0.1) is 6.04 Å². The molecule has 0 aliphatic carbocycles. The van der Waals surface area contributed by atoms with E-state index in [0.717, 1.165) is 18.8 Å². The van der Waals surface area contributed by atoms with Crippen molar-refractivity contribution in [1.82, 2.24) is 10.3 Å². The van der Waals surface area contributed by atoms with Crippen LogP contribution >= 0.6 is 11.8 Å². The van der Waals surface area contributed by atoms with Crippen molar-refractivity contribution >= 4 is 17.7 Å². The average molecular weight is 217 g/mol. The lowest BCUT2D eigenvalue weighted by molar-refractivity contribution is -0.126. The van der Waals surface area contributed by atoms with Gasteiger partial charge in [-0.05, 0) is 20.8 Å². The van der Waals surface area contributed by atoms with Crippen molar-refractivity contribution in [2.75, 3.05) is 18.8 Å². The highest BCUT2D eigenvalue weighted by Gasteiger charge is 2.31. The second-order valence-electron chi connectivity index (χ2n) is 4.26. The van der Waals surface area contributed by atoms with Gasteiger partial charge in [-0.2, -0.15) is 11.8 Å². The Morgan fingerprint density at radius 3 is 2.79 bits per heavy atom. The second-order valence-corrected chi connectivity index (χ2v) is 6.07. The van der Waals surface area contributed by atoms with Gasteiger partial charge < -0.3 is 0 Å². The van der Waals surface area contributed by atoms with Gasteiger partial charge in [0.25, 0.3) is 5.91 Å². The molecule has 1 amide bonds. The molecule has 0 aromatic heterocycles. The van der Waals surface area contributed by atoms with Crippen molar-refractivity contribution in [2.45, 2.75) is 31.6 Å². The van der Waals surface area contributed by atoms with Crippen molar-refractivity contribution in [1.29, 1.82) is 0 Å². The van der Waals surface area contributed by atoms with Crippen molar-refractivity contribution < 1.29 is 4.79 Å². The van der Waals surface area contributed by atoms with Crippen LogP contribution in [0.1, 0.15) is 20.8 Å². The Bertz CT molecular complexity index is 220. The molecule has 1 unspecified atom stereocenters. The highest BCUT2D eigenvalue weighted by molar-refractivity contribution is 8.00. The monoisotopic (exact) mass is 217 g/mol. The highest BCUT2D eigenvalue weighted by atomic mass is 32.2. The van der Waals surface area contributed by atoms with Crippen LogP contribution in [-0.4, -0.2) is 40.4 Å². The molecule has 1 aliphatic rings. The molecule has 0 aromatic carbocycles. The molecule has 1 rings (SSSR count). The third kappa shape index (κ3) is 2.87. The van der Waals surface area contributed by atoms with Crippen LogP contribution in [0.5, 0.6) is 0 Å². The average Bonchev–Trinajstić information content (AvgIpc) is 2.14. The van der Waals surface area contributed by atoms with Gasteiger partial charge in [0.15, 0.2) is 0 Å². The lowest BCUT2D eigenvalue weighted by Gasteiger charge is -2.39. The van der Waals surface area contributed by atoms with E-state index in [1.165, 1.54) is 0 Å². The molecule has 1 heterocycles. The largest absolute Gasteiger partial charge is 0.293 e. The quantitative estimate of drug-likeness (QED) is 0.394. The lowest BCUT2D eigenvalue weighted by atomic mass is 10.1. The van der Waals surface area contributed by atoms with Gasteiger partial charge in [0, 0.05) is 23.6 Å². The first-order valence-corrected chi connectivity index (χ1v) is 5.83. The van der Waals surface area contributed by atoms with E-state index in [1.807, 2.05) is 18.7 Å². The number of thioether (sulfide) groups is 1. The SMILES string of the molecule is CC(C(=O)NN)N1CCSC(C)(C)C1. The molecule has 0 spiro atoms. The van der Waals surface area contributed by atoms with E-state index in [1.54, 1.807) is 0 Å². The smallest absolute Gasteiger partial charge is 0.250 e. The first-order chi connectivity index (χ1) is 6.46. The number of amides is 1. The molecular formula is C9H19N3OS. The van der Waals surface area contributed by atoms with Gasteiger partial charge >= 0.3 is 0 Å². The number of carbonyl (C=O) groups excluding carboxylic acids is 1. The molecular weight excluding hydrogens is 198 g/mol. The van der Waals surface area contributed by atoms with Crippen LogP contribution in [-0.2, 0) is 4.79 Å². The minimum atomic E-state index is -0.125.